The first-order chi connectivity index (χ1) is 9.24. The van der Waals surface area contributed by atoms with Crippen molar-refractivity contribution < 1.29 is 9.52 Å². The molecule has 100 valence electrons. The molecule has 3 nitrogen and oxygen atoms in total. The first-order valence-corrected chi connectivity index (χ1v) is 6.80. The fraction of sp³-hybridized carbons (Fsp3) is 0.375. The molecule has 2 N–H and O–H groups in total. The lowest BCUT2D eigenvalue weighted by molar-refractivity contribution is 0.438. The van der Waals surface area contributed by atoms with Crippen LogP contribution < -0.4 is 5.32 Å². The summed E-state index contributed by atoms with van der Waals surface area (Å²) >= 11 is 0. The summed E-state index contributed by atoms with van der Waals surface area (Å²) in [7, 11) is 0. The van der Waals surface area contributed by atoms with E-state index in [0.717, 1.165) is 23.0 Å². The van der Waals surface area contributed by atoms with Gasteiger partial charge < -0.3 is 14.8 Å². The van der Waals surface area contributed by atoms with Gasteiger partial charge in [0.05, 0.1) is 6.54 Å². The second-order valence-corrected chi connectivity index (χ2v) is 5.36. The highest BCUT2D eigenvalue weighted by molar-refractivity contribution is 5.31. The summed E-state index contributed by atoms with van der Waals surface area (Å²) < 4.78 is 5.82. The van der Waals surface area contributed by atoms with Gasteiger partial charge in [-0.2, -0.15) is 0 Å². The van der Waals surface area contributed by atoms with E-state index in [1.54, 1.807) is 6.07 Å². The van der Waals surface area contributed by atoms with Crippen LogP contribution in [0.15, 0.2) is 40.8 Å². The zero-order valence-electron chi connectivity index (χ0n) is 11.1. The van der Waals surface area contributed by atoms with Crippen molar-refractivity contribution in [1.82, 2.24) is 5.32 Å². The number of rotatable bonds is 5. The summed E-state index contributed by atoms with van der Waals surface area (Å²) in [6.07, 6.45) is 1.25. The Balaban J connectivity index is 1.52. The number of furan rings is 1. The minimum Gasteiger partial charge on any atom is -0.508 e. The Kier molecular flexibility index (Phi) is 3.30. The zero-order valence-corrected chi connectivity index (χ0v) is 11.1. The van der Waals surface area contributed by atoms with Crippen molar-refractivity contribution in [2.45, 2.75) is 32.4 Å². The van der Waals surface area contributed by atoms with Crippen molar-refractivity contribution in [2.24, 2.45) is 5.92 Å². The van der Waals surface area contributed by atoms with Crippen LogP contribution in [-0.4, -0.2) is 5.11 Å². The van der Waals surface area contributed by atoms with Crippen LogP contribution in [-0.2, 0) is 13.1 Å². The minimum absolute atomic E-state index is 0.335. The Labute approximate surface area is 113 Å². The van der Waals surface area contributed by atoms with Crippen molar-refractivity contribution in [2.75, 3.05) is 0 Å². The van der Waals surface area contributed by atoms with Gasteiger partial charge in [-0.05, 0) is 30.5 Å². The molecule has 0 aliphatic heterocycles. The van der Waals surface area contributed by atoms with Crippen molar-refractivity contribution >= 4 is 0 Å². The number of hydrogen-bond donors (Lipinski definition) is 2. The minimum atomic E-state index is 0.335. The molecule has 0 bridgehead atoms. The molecule has 0 amide bonds. The monoisotopic (exact) mass is 257 g/mol. The third-order valence-electron chi connectivity index (χ3n) is 3.76. The van der Waals surface area contributed by atoms with E-state index in [2.05, 4.69) is 18.3 Å². The van der Waals surface area contributed by atoms with E-state index in [1.807, 2.05) is 24.3 Å². The van der Waals surface area contributed by atoms with E-state index >= 15 is 0 Å². The van der Waals surface area contributed by atoms with Crippen LogP contribution in [0.25, 0.3) is 0 Å². The molecule has 0 radical (unpaired) electrons. The van der Waals surface area contributed by atoms with Gasteiger partial charge in [0, 0.05) is 18.0 Å². The summed E-state index contributed by atoms with van der Waals surface area (Å²) in [4.78, 5) is 0. The van der Waals surface area contributed by atoms with Crippen LogP contribution in [0.2, 0.25) is 0 Å². The number of hydrogen-bond acceptors (Lipinski definition) is 3. The van der Waals surface area contributed by atoms with E-state index < -0.39 is 0 Å². The lowest BCUT2D eigenvalue weighted by atomic mass is 10.2. The van der Waals surface area contributed by atoms with Crippen molar-refractivity contribution in [3.05, 3.63) is 53.5 Å². The smallest absolute Gasteiger partial charge is 0.120 e. The molecule has 1 aliphatic rings. The molecule has 2 unspecified atom stereocenters. The normalized spacial score (nSPS) is 21.5. The molecule has 1 aromatic carbocycles. The first-order valence-electron chi connectivity index (χ1n) is 6.80. The van der Waals surface area contributed by atoms with Gasteiger partial charge in [0.25, 0.3) is 0 Å². The van der Waals surface area contributed by atoms with Crippen LogP contribution in [0.5, 0.6) is 5.75 Å². The standard InChI is InChI=1S/C16H19NO2/c1-11-8-14(11)16-7-6-13(19-16)10-17-9-12-4-2-3-5-15(12)18/h2-7,11,14,17-18H,8-10H2,1H3. The molecule has 1 saturated carbocycles. The topological polar surface area (TPSA) is 45.4 Å². The summed E-state index contributed by atoms with van der Waals surface area (Å²) in [6, 6.07) is 11.5. The average Bonchev–Trinajstić information content (AvgIpc) is 2.96. The molecule has 0 spiro atoms. The fourth-order valence-electron chi connectivity index (χ4n) is 2.39. The molecule has 1 aliphatic carbocycles. The molecule has 2 aromatic rings. The molecular weight excluding hydrogens is 238 g/mol. The third kappa shape index (κ3) is 2.82. The molecule has 1 heterocycles. The highest BCUT2D eigenvalue weighted by Crippen LogP contribution is 2.47. The number of phenols is 1. The molecule has 3 rings (SSSR count). The molecular formula is C16H19NO2. The third-order valence-corrected chi connectivity index (χ3v) is 3.76. The van der Waals surface area contributed by atoms with Gasteiger partial charge in [-0.3, -0.25) is 0 Å². The highest BCUT2D eigenvalue weighted by atomic mass is 16.3. The number of phenolic OH excluding ortho intramolecular Hbond substituents is 1. The second-order valence-electron chi connectivity index (χ2n) is 5.36. The summed E-state index contributed by atoms with van der Waals surface area (Å²) in [5.41, 5.74) is 0.907. The van der Waals surface area contributed by atoms with Crippen LogP contribution in [0.1, 0.15) is 36.3 Å². The van der Waals surface area contributed by atoms with Crippen molar-refractivity contribution in [1.29, 1.82) is 0 Å². The van der Waals surface area contributed by atoms with E-state index in [9.17, 15) is 5.11 Å². The van der Waals surface area contributed by atoms with E-state index in [-0.39, 0.29) is 0 Å². The summed E-state index contributed by atoms with van der Waals surface area (Å²) in [5.74, 6) is 3.82. The van der Waals surface area contributed by atoms with E-state index in [0.29, 0.717) is 24.8 Å². The maximum Gasteiger partial charge on any atom is 0.120 e. The molecule has 2 atom stereocenters. The molecule has 19 heavy (non-hydrogen) atoms. The van der Waals surface area contributed by atoms with E-state index in [4.69, 9.17) is 4.42 Å². The van der Waals surface area contributed by atoms with Crippen molar-refractivity contribution in [3.63, 3.8) is 0 Å². The number of aromatic hydroxyl groups is 1. The second kappa shape index (κ2) is 5.10. The fourth-order valence-corrected chi connectivity index (χ4v) is 2.39. The quantitative estimate of drug-likeness (QED) is 0.863. The Bertz CT molecular complexity index is 561. The number of benzene rings is 1. The SMILES string of the molecule is CC1CC1c1ccc(CNCc2ccccc2O)o1. The van der Waals surface area contributed by atoms with Gasteiger partial charge >= 0.3 is 0 Å². The van der Waals surface area contributed by atoms with Gasteiger partial charge in [-0.15, -0.1) is 0 Å². The van der Waals surface area contributed by atoms with Crippen molar-refractivity contribution in [3.8, 4) is 5.75 Å². The number of para-hydroxylation sites is 1. The molecule has 1 aromatic heterocycles. The number of nitrogens with one attached hydrogen (secondary N) is 1. The van der Waals surface area contributed by atoms with Gasteiger partial charge in [-0.1, -0.05) is 25.1 Å². The summed E-state index contributed by atoms with van der Waals surface area (Å²) in [6.45, 7) is 3.58. The lowest BCUT2D eigenvalue weighted by Gasteiger charge is -2.05. The van der Waals surface area contributed by atoms with Crippen LogP contribution in [0.3, 0.4) is 0 Å². The Morgan fingerprint density at radius 3 is 2.74 bits per heavy atom. The highest BCUT2D eigenvalue weighted by Gasteiger charge is 2.36. The van der Waals surface area contributed by atoms with Gasteiger partial charge in [0.15, 0.2) is 0 Å². The average molecular weight is 257 g/mol. The van der Waals surface area contributed by atoms with E-state index in [1.165, 1.54) is 6.42 Å². The van der Waals surface area contributed by atoms with Crippen LogP contribution >= 0.6 is 0 Å². The lowest BCUT2D eigenvalue weighted by Crippen LogP contribution is -2.12. The van der Waals surface area contributed by atoms with Crippen LogP contribution in [0, 0.1) is 5.92 Å². The predicted molar refractivity (Wildman–Crippen MR) is 73.9 cm³/mol. The Morgan fingerprint density at radius 2 is 2.00 bits per heavy atom. The first kappa shape index (κ1) is 12.3. The molecule has 0 saturated heterocycles. The van der Waals surface area contributed by atoms with Crippen LogP contribution in [0.4, 0.5) is 0 Å². The maximum absolute atomic E-state index is 9.66. The molecule has 3 heteroatoms. The Morgan fingerprint density at radius 1 is 1.21 bits per heavy atom. The molecule has 1 fully saturated rings. The van der Waals surface area contributed by atoms with Gasteiger partial charge in [0.1, 0.15) is 17.3 Å². The van der Waals surface area contributed by atoms with Gasteiger partial charge in [-0.25, -0.2) is 0 Å². The Hall–Kier alpha value is -1.74. The zero-order chi connectivity index (χ0) is 13.2. The largest absolute Gasteiger partial charge is 0.508 e. The van der Waals surface area contributed by atoms with Gasteiger partial charge in [0.2, 0.25) is 0 Å². The maximum atomic E-state index is 9.66. The summed E-state index contributed by atoms with van der Waals surface area (Å²) in [5, 5.41) is 12.9. The predicted octanol–water partition coefficient (Wildman–Crippen LogP) is 3.40.